The molecule has 0 aliphatic carbocycles. The molecule has 0 amide bonds. The second-order valence-electron chi connectivity index (χ2n) is 5.18. The fraction of sp³-hybridized carbons (Fsp3) is 0.867. The molecule has 0 bridgehead atoms. The van der Waals surface area contributed by atoms with Crippen molar-refractivity contribution in [2.45, 2.75) is 65.0 Å². The number of allylic oxidation sites excluding steroid dienone is 1. The van der Waals surface area contributed by atoms with Crippen LogP contribution in [0.25, 0.3) is 0 Å². The zero-order valence-electron chi connectivity index (χ0n) is 13.0. The lowest BCUT2D eigenvalue weighted by Gasteiger charge is -2.48. The van der Waals surface area contributed by atoms with Gasteiger partial charge in [0.1, 0.15) is 5.76 Å². The summed E-state index contributed by atoms with van der Waals surface area (Å²) in [6, 6.07) is 0.0719. The third-order valence-electron chi connectivity index (χ3n) is 4.57. The first-order valence-corrected chi connectivity index (χ1v) is 7.74. The van der Waals surface area contributed by atoms with E-state index in [2.05, 4.69) is 44.1 Å². The largest absolute Gasteiger partial charge is 0.496 e. The first kappa shape index (κ1) is 16.5. The maximum Gasteiger partial charge on any atom is 0.112 e. The van der Waals surface area contributed by atoms with Crippen LogP contribution in [0.2, 0.25) is 0 Å². The summed E-state index contributed by atoms with van der Waals surface area (Å²) < 4.78 is 5.87. The number of hydrogen-bond acceptors (Lipinski definition) is 4. The van der Waals surface area contributed by atoms with Gasteiger partial charge < -0.3 is 4.74 Å². The molecular weight excluding hydrogens is 238 g/mol. The number of hydrazine groups is 1. The van der Waals surface area contributed by atoms with Gasteiger partial charge in [-0.05, 0) is 44.8 Å². The van der Waals surface area contributed by atoms with E-state index in [4.69, 9.17) is 10.6 Å². The van der Waals surface area contributed by atoms with Crippen molar-refractivity contribution in [1.29, 1.82) is 0 Å². The lowest BCUT2D eigenvalue weighted by Crippen LogP contribution is -2.63. The van der Waals surface area contributed by atoms with Gasteiger partial charge in [0.2, 0.25) is 0 Å². The van der Waals surface area contributed by atoms with E-state index in [0.717, 1.165) is 51.1 Å². The monoisotopic (exact) mass is 269 g/mol. The van der Waals surface area contributed by atoms with Crippen molar-refractivity contribution >= 4 is 0 Å². The summed E-state index contributed by atoms with van der Waals surface area (Å²) in [5, 5.41) is 0. The van der Waals surface area contributed by atoms with Crippen LogP contribution in [-0.2, 0) is 4.74 Å². The summed E-state index contributed by atoms with van der Waals surface area (Å²) in [5.74, 6) is 6.92. The average molecular weight is 269 g/mol. The van der Waals surface area contributed by atoms with Gasteiger partial charge in [-0.3, -0.25) is 10.7 Å². The van der Waals surface area contributed by atoms with Gasteiger partial charge in [0.25, 0.3) is 0 Å². The van der Waals surface area contributed by atoms with Crippen molar-refractivity contribution in [3.8, 4) is 0 Å². The quantitative estimate of drug-likeness (QED) is 0.525. The minimum absolute atomic E-state index is 0.0292. The van der Waals surface area contributed by atoms with E-state index in [1.165, 1.54) is 0 Å². The fourth-order valence-corrected chi connectivity index (χ4v) is 3.42. The standard InChI is InChI=1S/C15H31N3O/c1-5-15(6-2,18(7-3)8-4)14(17-16)13-11-9-10-12-19-13/h11,14,17H,5-10,12,16H2,1-4H3. The van der Waals surface area contributed by atoms with Crippen molar-refractivity contribution in [3.05, 3.63) is 11.8 Å². The summed E-state index contributed by atoms with van der Waals surface area (Å²) in [6.45, 7) is 11.8. The van der Waals surface area contributed by atoms with Gasteiger partial charge in [0.05, 0.1) is 12.6 Å². The molecule has 0 aromatic carbocycles. The molecule has 3 N–H and O–H groups in total. The third kappa shape index (κ3) is 3.30. The molecule has 0 aromatic rings. The molecule has 0 radical (unpaired) electrons. The van der Waals surface area contributed by atoms with E-state index in [-0.39, 0.29) is 11.6 Å². The number of rotatable bonds is 8. The molecule has 0 saturated heterocycles. The number of nitrogens with one attached hydrogen (secondary N) is 1. The predicted molar refractivity (Wildman–Crippen MR) is 80.6 cm³/mol. The van der Waals surface area contributed by atoms with Crippen molar-refractivity contribution in [2.75, 3.05) is 19.7 Å². The Morgan fingerprint density at radius 2 is 1.95 bits per heavy atom. The van der Waals surface area contributed by atoms with Gasteiger partial charge in [-0.15, -0.1) is 0 Å². The molecule has 1 unspecified atom stereocenters. The molecular formula is C15H31N3O. The highest BCUT2D eigenvalue weighted by Crippen LogP contribution is 2.33. The Balaban J connectivity index is 3.08. The molecule has 0 fully saturated rings. The van der Waals surface area contributed by atoms with Crippen LogP contribution < -0.4 is 11.3 Å². The van der Waals surface area contributed by atoms with Crippen LogP contribution >= 0.6 is 0 Å². The smallest absolute Gasteiger partial charge is 0.112 e. The summed E-state index contributed by atoms with van der Waals surface area (Å²) in [4.78, 5) is 2.51. The van der Waals surface area contributed by atoms with Gasteiger partial charge in [0.15, 0.2) is 0 Å². The van der Waals surface area contributed by atoms with E-state index in [9.17, 15) is 0 Å². The maximum atomic E-state index is 5.89. The van der Waals surface area contributed by atoms with Crippen LogP contribution in [0.1, 0.15) is 53.4 Å². The molecule has 112 valence electrons. The van der Waals surface area contributed by atoms with E-state index in [1.54, 1.807) is 0 Å². The molecule has 1 aliphatic heterocycles. The summed E-state index contributed by atoms with van der Waals surface area (Å²) >= 11 is 0. The SMILES string of the molecule is CCN(CC)C(CC)(CC)C(NN)C1=CCCCO1. The van der Waals surface area contributed by atoms with Crippen molar-refractivity contribution in [3.63, 3.8) is 0 Å². The highest BCUT2D eigenvalue weighted by molar-refractivity contribution is 5.15. The van der Waals surface area contributed by atoms with E-state index in [0.29, 0.717) is 0 Å². The number of nitrogens with two attached hydrogens (primary N) is 1. The summed E-state index contributed by atoms with van der Waals surface area (Å²) in [5.41, 5.74) is 3.06. The third-order valence-corrected chi connectivity index (χ3v) is 4.57. The van der Waals surface area contributed by atoms with Crippen molar-refractivity contribution < 1.29 is 4.74 Å². The van der Waals surface area contributed by atoms with Gasteiger partial charge >= 0.3 is 0 Å². The number of nitrogens with zero attached hydrogens (tertiary/aromatic N) is 1. The molecule has 1 heterocycles. The number of likely N-dealkylation sites (N-methyl/N-ethyl adjacent to an activating group) is 1. The molecule has 4 heteroatoms. The Morgan fingerprint density at radius 3 is 2.32 bits per heavy atom. The molecule has 0 saturated carbocycles. The molecule has 19 heavy (non-hydrogen) atoms. The van der Waals surface area contributed by atoms with Gasteiger partial charge in [-0.2, -0.15) is 0 Å². The second-order valence-corrected chi connectivity index (χ2v) is 5.18. The number of hydrogen-bond donors (Lipinski definition) is 2. The second kappa shape index (κ2) is 7.88. The Labute approximate surface area is 118 Å². The van der Waals surface area contributed by atoms with Gasteiger partial charge in [-0.1, -0.05) is 27.7 Å². The minimum Gasteiger partial charge on any atom is -0.496 e. The Hall–Kier alpha value is -0.580. The maximum absolute atomic E-state index is 5.89. The average Bonchev–Trinajstić information content (AvgIpc) is 2.48. The number of ether oxygens (including phenoxy) is 1. The van der Waals surface area contributed by atoms with Gasteiger partial charge in [-0.25, -0.2) is 5.43 Å². The fourth-order valence-electron chi connectivity index (χ4n) is 3.42. The Morgan fingerprint density at radius 1 is 1.32 bits per heavy atom. The lowest BCUT2D eigenvalue weighted by atomic mass is 9.81. The molecule has 4 nitrogen and oxygen atoms in total. The lowest BCUT2D eigenvalue weighted by molar-refractivity contribution is 0.0322. The van der Waals surface area contributed by atoms with E-state index >= 15 is 0 Å². The van der Waals surface area contributed by atoms with Crippen LogP contribution in [0.3, 0.4) is 0 Å². The zero-order chi connectivity index (χ0) is 14.3. The molecule has 1 rings (SSSR count). The molecule has 1 atom stereocenters. The highest BCUT2D eigenvalue weighted by atomic mass is 16.5. The van der Waals surface area contributed by atoms with Crippen LogP contribution in [-0.4, -0.2) is 36.2 Å². The van der Waals surface area contributed by atoms with Crippen LogP contribution in [0.4, 0.5) is 0 Å². The van der Waals surface area contributed by atoms with Crippen molar-refractivity contribution in [1.82, 2.24) is 10.3 Å². The van der Waals surface area contributed by atoms with Crippen molar-refractivity contribution in [2.24, 2.45) is 5.84 Å². The Kier molecular flexibility index (Phi) is 6.83. The zero-order valence-corrected chi connectivity index (χ0v) is 13.0. The Bertz CT molecular complexity index is 283. The first-order chi connectivity index (χ1) is 9.19. The highest BCUT2D eigenvalue weighted by Gasteiger charge is 2.42. The van der Waals surface area contributed by atoms with Gasteiger partial charge in [0, 0.05) is 5.54 Å². The van der Waals surface area contributed by atoms with E-state index < -0.39 is 0 Å². The predicted octanol–water partition coefficient (Wildman–Crippen LogP) is 2.41. The van der Waals surface area contributed by atoms with E-state index in [1.807, 2.05) is 0 Å². The topological polar surface area (TPSA) is 50.5 Å². The van der Waals surface area contributed by atoms with Crippen LogP contribution in [0.5, 0.6) is 0 Å². The summed E-state index contributed by atoms with van der Waals surface area (Å²) in [6.07, 6.45) is 6.52. The molecule has 1 aliphatic rings. The van der Waals surface area contributed by atoms with Crippen LogP contribution in [0, 0.1) is 0 Å². The molecule has 0 spiro atoms. The normalized spacial score (nSPS) is 18.1. The first-order valence-electron chi connectivity index (χ1n) is 7.74. The summed E-state index contributed by atoms with van der Waals surface area (Å²) in [7, 11) is 0. The molecule has 0 aromatic heterocycles. The van der Waals surface area contributed by atoms with Crippen LogP contribution in [0.15, 0.2) is 11.8 Å². The minimum atomic E-state index is 0.0292.